The van der Waals surface area contributed by atoms with Crippen molar-refractivity contribution in [1.82, 2.24) is 21.3 Å². The number of benzene rings is 2. The molecule has 2 fully saturated rings. The van der Waals surface area contributed by atoms with Crippen LogP contribution in [0.4, 0.5) is 4.79 Å². The Balaban J connectivity index is 1.07. The molecule has 4 amide bonds. The molecule has 1 aliphatic carbocycles. The van der Waals surface area contributed by atoms with Crippen LogP contribution in [0.2, 0.25) is 0 Å². The molecule has 0 aromatic heterocycles. The van der Waals surface area contributed by atoms with Crippen molar-refractivity contribution in [3.63, 3.8) is 0 Å². The number of hydrogen-bond acceptors (Lipinski definition) is 8. The summed E-state index contributed by atoms with van der Waals surface area (Å²) in [5, 5.41) is 11.7. The summed E-state index contributed by atoms with van der Waals surface area (Å²) in [6.07, 6.45) is 2.87. The first kappa shape index (κ1) is 28.8. The lowest BCUT2D eigenvalue weighted by Crippen LogP contribution is -2.36. The minimum Gasteiger partial charge on any atom is -0.354 e. The SMILES string of the molecule is O=C(CCCC[C@@H]1SC[C@@H]2NC(=O)N[C@@H]21)NCCNC(=O)c1ccc2c(c1)C(=O)c1ccc(S(=O)(=O)O)cc1C2=O. The van der Waals surface area contributed by atoms with Crippen LogP contribution < -0.4 is 21.3 Å². The van der Waals surface area contributed by atoms with Crippen LogP contribution in [-0.4, -0.2) is 78.6 Å². The zero-order valence-electron chi connectivity index (χ0n) is 21.8. The Morgan fingerprint density at radius 2 is 1.59 bits per heavy atom. The summed E-state index contributed by atoms with van der Waals surface area (Å²) in [5.74, 6) is -0.858. The van der Waals surface area contributed by atoms with Crippen LogP contribution in [0.25, 0.3) is 0 Å². The Morgan fingerprint density at radius 3 is 2.32 bits per heavy atom. The van der Waals surface area contributed by atoms with Crippen molar-refractivity contribution >= 4 is 51.3 Å². The molecular formula is C27H28N4O8S2. The first-order chi connectivity index (χ1) is 19.5. The summed E-state index contributed by atoms with van der Waals surface area (Å²) in [6.45, 7) is 0.376. The number of urea groups is 1. The van der Waals surface area contributed by atoms with Crippen molar-refractivity contribution in [2.24, 2.45) is 0 Å². The quantitative estimate of drug-likeness (QED) is 0.130. The molecular weight excluding hydrogens is 572 g/mol. The van der Waals surface area contributed by atoms with Gasteiger partial charge in [0.05, 0.1) is 17.0 Å². The van der Waals surface area contributed by atoms with Gasteiger partial charge in [0.25, 0.3) is 16.0 Å². The lowest BCUT2D eigenvalue weighted by Gasteiger charge is -2.18. The third kappa shape index (κ3) is 6.14. The monoisotopic (exact) mass is 600 g/mol. The highest BCUT2D eigenvalue weighted by molar-refractivity contribution is 8.00. The maximum atomic E-state index is 13.0. The van der Waals surface area contributed by atoms with Crippen LogP contribution >= 0.6 is 11.8 Å². The van der Waals surface area contributed by atoms with E-state index in [4.69, 9.17) is 0 Å². The van der Waals surface area contributed by atoms with Gasteiger partial charge < -0.3 is 21.3 Å². The van der Waals surface area contributed by atoms with Crippen molar-refractivity contribution in [2.75, 3.05) is 18.8 Å². The smallest absolute Gasteiger partial charge is 0.315 e. The van der Waals surface area contributed by atoms with E-state index in [1.165, 1.54) is 18.2 Å². The van der Waals surface area contributed by atoms with Gasteiger partial charge in [-0.05, 0) is 49.2 Å². The van der Waals surface area contributed by atoms with Gasteiger partial charge >= 0.3 is 6.03 Å². The minimum absolute atomic E-state index is 0.0150. The number of hydrogen-bond donors (Lipinski definition) is 5. The van der Waals surface area contributed by atoms with Gasteiger partial charge in [0.15, 0.2) is 11.6 Å². The van der Waals surface area contributed by atoms with Gasteiger partial charge in [-0.15, -0.1) is 0 Å². The minimum atomic E-state index is -4.56. The van der Waals surface area contributed by atoms with E-state index in [9.17, 15) is 36.9 Å². The molecule has 5 N–H and O–H groups in total. The van der Waals surface area contributed by atoms with Gasteiger partial charge in [-0.2, -0.15) is 20.2 Å². The molecule has 2 aliphatic heterocycles. The average molecular weight is 601 g/mol. The van der Waals surface area contributed by atoms with E-state index in [0.29, 0.717) is 11.7 Å². The summed E-state index contributed by atoms with van der Waals surface area (Å²) >= 11 is 1.84. The zero-order valence-corrected chi connectivity index (χ0v) is 23.4. The maximum Gasteiger partial charge on any atom is 0.315 e. The zero-order chi connectivity index (χ0) is 29.3. The second-order valence-electron chi connectivity index (χ2n) is 10.1. The lowest BCUT2D eigenvalue weighted by molar-refractivity contribution is -0.121. The number of nitrogens with one attached hydrogen (secondary N) is 4. The van der Waals surface area contributed by atoms with Crippen LogP contribution in [0.15, 0.2) is 41.3 Å². The third-order valence-corrected chi connectivity index (χ3v) is 9.72. The molecule has 216 valence electrons. The summed E-state index contributed by atoms with van der Waals surface area (Å²) in [5.41, 5.74) is 0.0192. The fourth-order valence-electron chi connectivity index (χ4n) is 5.27. The van der Waals surface area contributed by atoms with Gasteiger partial charge in [0.1, 0.15) is 0 Å². The Bertz CT molecular complexity index is 1560. The number of fused-ring (bicyclic) bond motifs is 3. The molecule has 2 aromatic rings. The number of carbonyl (C=O) groups excluding carboxylic acids is 5. The van der Waals surface area contributed by atoms with Gasteiger partial charge in [0.2, 0.25) is 5.91 Å². The topological polar surface area (TPSA) is 188 Å². The molecule has 5 rings (SSSR count). The van der Waals surface area contributed by atoms with Gasteiger partial charge in [0, 0.05) is 58.3 Å². The molecule has 0 spiro atoms. The number of carbonyl (C=O) groups is 5. The molecule has 2 aromatic carbocycles. The molecule has 3 aliphatic rings. The highest BCUT2D eigenvalue weighted by Crippen LogP contribution is 2.33. The maximum absolute atomic E-state index is 13.0. The molecule has 0 radical (unpaired) electrons. The first-order valence-electron chi connectivity index (χ1n) is 13.1. The largest absolute Gasteiger partial charge is 0.354 e. The Morgan fingerprint density at radius 1 is 0.902 bits per heavy atom. The third-order valence-electron chi connectivity index (χ3n) is 7.36. The van der Waals surface area contributed by atoms with E-state index in [-0.39, 0.29) is 64.9 Å². The van der Waals surface area contributed by atoms with Crippen LogP contribution in [0.3, 0.4) is 0 Å². The Labute approximate surface area is 240 Å². The van der Waals surface area contributed by atoms with Crippen molar-refractivity contribution < 1.29 is 36.9 Å². The van der Waals surface area contributed by atoms with Gasteiger partial charge in [-0.25, -0.2) is 4.79 Å². The molecule has 12 nitrogen and oxygen atoms in total. The summed E-state index contributed by atoms with van der Waals surface area (Å²) in [6, 6.07) is 7.39. The predicted octanol–water partition coefficient (Wildman–Crippen LogP) is 1.28. The van der Waals surface area contributed by atoms with Crippen LogP contribution in [0.1, 0.15) is 67.9 Å². The number of amides is 4. The van der Waals surface area contributed by atoms with E-state index < -0.39 is 32.5 Å². The summed E-state index contributed by atoms with van der Waals surface area (Å²) in [7, 11) is -4.56. The highest BCUT2D eigenvalue weighted by atomic mass is 32.2. The van der Waals surface area contributed by atoms with E-state index in [1.54, 1.807) is 0 Å². The van der Waals surface area contributed by atoms with E-state index in [1.807, 2.05) is 11.8 Å². The molecule has 0 saturated carbocycles. The van der Waals surface area contributed by atoms with E-state index in [0.717, 1.165) is 43.2 Å². The number of unbranched alkanes of at least 4 members (excludes halogenated alkanes) is 1. The van der Waals surface area contributed by atoms with Gasteiger partial charge in [-0.3, -0.25) is 23.7 Å². The summed E-state index contributed by atoms with van der Waals surface area (Å²) in [4.78, 5) is 61.7. The molecule has 0 bridgehead atoms. The summed E-state index contributed by atoms with van der Waals surface area (Å²) < 4.78 is 32.1. The Hall–Kier alpha value is -3.75. The van der Waals surface area contributed by atoms with Crippen LogP contribution in [0.5, 0.6) is 0 Å². The standard InChI is InChI=1S/C27H28N4O8S2/c32-22(4-2-1-3-21-23-20(13-40-21)30-27(36)31-23)28-9-10-29-26(35)14-5-7-16-18(11-14)24(33)17-8-6-15(41(37,38)39)12-19(17)25(16)34/h5-8,11-12,20-21,23H,1-4,9-10,13H2,(H,28,32)(H,29,35)(H2,30,31,36)(H,37,38,39)/t20-,21-,23-/m0/s1. The first-order valence-corrected chi connectivity index (χ1v) is 15.6. The molecule has 41 heavy (non-hydrogen) atoms. The fourth-order valence-corrected chi connectivity index (χ4v) is 7.32. The van der Waals surface area contributed by atoms with Crippen molar-refractivity contribution in [1.29, 1.82) is 0 Å². The molecule has 2 heterocycles. The molecule has 14 heteroatoms. The Kier molecular flexibility index (Phi) is 8.16. The fraction of sp³-hybridized carbons (Fsp3) is 0.370. The molecule has 2 saturated heterocycles. The number of ketones is 2. The lowest BCUT2D eigenvalue weighted by atomic mass is 9.83. The van der Waals surface area contributed by atoms with Crippen molar-refractivity contribution in [3.8, 4) is 0 Å². The molecule has 0 unspecified atom stereocenters. The van der Waals surface area contributed by atoms with Crippen LogP contribution in [0, 0.1) is 0 Å². The predicted molar refractivity (Wildman–Crippen MR) is 149 cm³/mol. The number of thioether (sulfide) groups is 1. The highest BCUT2D eigenvalue weighted by Gasteiger charge is 2.42. The van der Waals surface area contributed by atoms with E-state index >= 15 is 0 Å². The normalized spacial score (nSPS) is 20.9. The van der Waals surface area contributed by atoms with Crippen molar-refractivity contribution in [2.45, 2.75) is 47.9 Å². The van der Waals surface area contributed by atoms with Crippen molar-refractivity contribution in [3.05, 3.63) is 64.2 Å². The van der Waals surface area contributed by atoms with Crippen LogP contribution in [-0.2, 0) is 14.9 Å². The molecule has 3 atom stereocenters. The second-order valence-corrected chi connectivity index (χ2v) is 12.8. The van der Waals surface area contributed by atoms with Gasteiger partial charge in [-0.1, -0.05) is 6.42 Å². The number of rotatable bonds is 10. The second kappa shape index (κ2) is 11.6. The average Bonchev–Trinajstić information content (AvgIpc) is 3.50. The van der Waals surface area contributed by atoms with E-state index in [2.05, 4.69) is 21.3 Å².